The number of aliphatic imine (C=N–C) groups is 2. The molecule has 0 radical (unpaired) electrons. The molecular weight excluding hydrogens is 228 g/mol. The number of hydrogen-bond donors (Lipinski definition) is 2. The lowest BCUT2D eigenvalue weighted by Gasteiger charge is -2.18. The van der Waals surface area contributed by atoms with Crippen molar-refractivity contribution in [3.05, 3.63) is 0 Å². The van der Waals surface area contributed by atoms with Gasteiger partial charge in [0.15, 0.2) is 0 Å². The first-order valence-electron chi connectivity index (χ1n) is 2.64. The monoisotopic (exact) mass is 229 g/mol. The summed E-state index contributed by atoms with van der Waals surface area (Å²) in [5, 5.41) is 8.24. The van der Waals surface area contributed by atoms with Gasteiger partial charge < -0.3 is 10.4 Å². The van der Waals surface area contributed by atoms with E-state index >= 15 is 0 Å². The number of nitrogens with zero attached hydrogens (tertiary/aromatic N) is 2. The molecule has 0 aliphatic carbocycles. The first kappa shape index (κ1) is 9.57. The molecule has 0 aromatic heterocycles. The van der Waals surface area contributed by atoms with Gasteiger partial charge in [-0.05, 0) is 23.2 Å². The van der Waals surface area contributed by atoms with E-state index in [0.29, 0.717) is 0 Å². The number of alkyl halides is 1. The number of hydrogen-bond acceptors (Lipinski definition) is 4. The third-order valence-electron chi connectivity index (χ3n) is 0.971. The smallest absolute Gasteiger partial charge is 0.371 e. The third kappa shape index (κ3) is 1.80. The zero-order valence-corrected chi connectivity index (χ0v) is 7.65. The van der Waals surface area contributed by atoms with Crippen molar-refractivity contribution in [2.75, 3.05) is 0 Å². The highest BCUT2D eigenvalue weighted by molar-refractivity contribution is 6.74. The summed E-state index contributed by atoms with van der Waals surface area (Å²) in [6, 6.07) is 0. The molecular formula is C4H2Cl3N3O2. The van der Waals surface area contributed by atoms with Crippen LogP contribution in [0.1, 0.15) is 0 Å². The lowest BCUT2D eigenvalue weighted by Crippen LogP contribution is -2.39. The second-order valence-electron chi connectivity index (χ2n) is 1.82. The molecule has 1 aliphatic heterocycles. The molecule has 0 aromatic rings. The average molecular weight is 230 g/mol. The van der Waals surface area contributed by atoms with E-state index in [-0.39, 0.29) is 10.6 Å². The van der Waals surface area contributed by atoms with Gasteiger partial charge in [-0.25, -0.2) is 14.8 Å². The Bertz CT molecular complexity index is 269. The predicted octanol–water partition coefficient (Wildman–Crippen LogP) is 0.756. The number of rotatable bonds is 1. The summed E-state index contributed by atoms with van der Waals surface area (Å²) in [7, 11) is 0. The van der Waals surface area contributed by atoms with Crippen LogP contribution in [-0.2, 0) is 4.79 Å². The van der Waals surface area contributed by atoms with Crippen LogP contribution in [0.3, 0.4) is 0 Å². The van der Waals surface area contributed by atoms with E-state index in [1.165, 1.54) is 0 Å². The second-order valence-corrected chi connectivity index (χ2v) is 3.07. The molecule has 1 heterocycles. The highest BCUT2D eigenvalue weighted by atomic mass is 35.5. The van der Waals surface area contributed by atoms with Gasteiger partial charge in [-0.15, -0.1) is 0 Å². The van der Waals surface area contributed by atoms with Crippen LogP contribution in [0.25, 0.3) is 0 Å². The van der Waals surface area contributed by atoms with Gasteiger partial charge in [0.05, 0.1) is 0 Å². The minimum absolute atomic E-state index is 0.215. The Morgan fingerprint density at radius 1 is 1.42 bits per heavy atom. The Morgan fingerprint density at radius 3 is 2.17 bits per heavy atom. The molecule has 0 spiro atoms. The number of halogens is 3. The Labute approximate surface area is 82.0 Å². The number of amidine groups is 2. The van der Waals surface area contributed by atoms with E-state index in [1.54, 1.807) is 0 Å². The molecule has 1 aliphatic rings. The van der Waals surface area contributed by atoms with E-state index in [2.05, 4.69) is 15.3 Å². The van der Waals surface area contributed by atoms with Gasteiger partial charge in [-0.2, -0.15) is 0 Å². The maximum Gasteiger partial charge on any atom is 0.371 e. The molecule has 0 amide bonds. The number of aliphatic carboxylic acids is 1. The van der Waals surface area contributed by atoms with Gasteiger partial charge in [0.2, 0.25) is 10.6 Å². The average Bonchev–Trinajstić information content (AvgIpc) is 1.82. The van der Waals surface area contributed by atoms with E-state index in [9.17, 15) is 4.79 Å². The quantitative estimate of drug-likeness (QED) is 0.516. The fraction of sp³-hybridized carbons (Fsp3) is 0.250. The third-order valence-corrected chi connectivity index (χ3v) is 1.66. The summed E-state index contributed by atoms with van der Waals surface area (Å²) in [6.07, 6.45) is 0. The zero-order chi connectivity index (χ0) is 9.35. The first-order chi connectivity index (χ1) is 5.44. The lowest BCUT2D eigenvalue weighted by atomic mass is 10.5. The van der Waals surface area contributed by atoms with E-state index < -0.39 is 11.1 Å². The first-order valence-corrected chi connectivity index (χ1v) is 3.77. The molecule has 0 fully saturated rings. The van der Waals surface area contributed by atoms with Gasteiger partial charge in [0.1, 0.15) is 0 Å². The highest BCUT2D eigenvalue weighted by Crippen LogP contribution is 2.23. The van der Waals surface area contributed by atoms with E-state index in [0.717, 1.165) is 0 Å². The van der Waals surface area contributed by atoms with Gasteiger partial charge in [0, 0.05) is 0 Å². The van der Waals surface area contributed by atoms with Crippen molar-refractivity contribution in [2.24, 2.45) is 9.98 Å². The molecule has 0 bridgehead atoms. The van der Waals surface area contributed by atoms with Crippen LogP contribution in [0.4, 0.5) is 0 Å². The van der Waals surface area contributed by atoms with Crippen LogP contribution in [0.2, 0.25) is 0 Å². The van der Waals surface area contributed by atoms with Crippen LogP contribution in [0.5, 0.6) is 0 Å². The molecule has 0 unspecified atom stereocenters. The molecule has 12 heavy (non-hydrogen) atoms. The summed E-state index contributed by atoms with van der Waals surface area (Å²) in [5.74, 6) is -1.44. The lowest BCUT2D eigenvalue weighted by molar-refractivity contribution is -0.139. The van der Waals surface area contributed by atoms with Crippen molar-refractivity contribution < 1.29 is 9.90 Å². The number of carboxylic acids is 1. The molecule has 2 N–H and O–H groups in total. The number of carboxylic acid groups (broad SMARTS) is 1. The van der Waals surface area contributed by atoms with Crippen LogP contribution in [0.15, 0.2) is 9.98 Å². The summed E-state index contributed by atoms with van der Waals surface area (Å²) in [5.41, 5.74) is 0. The standard InChI is InChI=1S/C4H2Cl3N3O2/c5-2-8-3(6)10-4(7,9-2)1(11)12/h(H,11,12)(H,8,9,10). The van der Waals surface area contributed by atoms with Crippen LogP contribution < -0.4 is 5.32 Å². The molecule has 0 atom stereocenters. The minimum Gasteiger partial charge on any atom is -0.477 e. The van der Waals surface area contributed by atoms with Crippen molar-refractivity contribution in [3.63, 3.8) is 0 Å². The minimum atomic E-state index is -2.14. The van der Waals surface area contributed by atoms with Gasteiger partial charge in [-0.1, -0.05) is 11.6 Å². The summed E-state index contributed by atoms with van der Waals surface area (Å²) < 4.78 is 0. The molecule has 0 saturated carbocycles. The van der Waals surface area contributed by atoms with Crippen LogP contribution >= 0.6 is 34.8 Å². The van der Waals surface area contributed by atoms with Gasteiger partial charge in [0.25, 0.3) is 0 Å². The summed E-state index contributed by atoms with van der Waals surface area (Å²) in [6.45, 7) is 0. The topological polar surface area (TPSA) is 74.0 Å². The van der Waals surface area contributed by atoms with E-state index in [1.807, 2.05) is 0 Å². The molecule has 1 rings (SSSR count). The van der Waals surface area contributed by atoms with Crippen molar-refractivity contribution >= 4 is 51.4 Å². The highest BCUT2D eigenvalue weighted by Gasteiger charge is 2.38. The second kappa shape index (κ2) is 3.08. The predicted molar refractivity (Wildman–Crippen MR) is 45.9 cm³/mol. The van der Waals surface area contributed by atoms with Crippen molar-refractivity contribution in [2.45, 2.75) is 5.12 Å². The van der Waals surface area contributed by atoms with Crippen molar-refractivity contribution in [1.82, 2.24) is 5.32 Å². The van der Waals surface area contributed by atoms with Crippen LogP contribution in [0, 0.1) is 0 Å². The number of nitrogens with one attached hydrogen (secondary N) is 1. The van der Waals surface area contributed by atoms with Gasteiger partial charge >= 0.3 is 11.1 Å². The molecule has 0 saturated heterocycles. The Hall–Kier alpha value is -0.520. The largest absolute Gasteiger partial charge is 0.477 e. The molecule has 66 valence electrons. The van der Waals surface area contributed by atoms with Crippen molar-refractivity contribution in [1.29, 1.82) is 0 Å². The van der Waals surface area contributed by atoms with Gasteiger partial charge in [-0.3, -0.25) is 0 Å². The Morgan fingerprint density at radius 2 is 1.83 bits per heavy atom. The molecule has 8 heteroatoms. The van der Waals surface area contributed by atoms with Crippen LogP contribution in [-0.4, -0.2) is 26.8 Å². The maximum absolute atomic E-state index is 10.5. The van der Waals surface area contributed by atoms with Crippen molar-refractivity contribution in [3.8, 4) is 0 Å². The summed E-state index contributed by atoms with van der Waals surface area (Å²) in [4.78, 5) is 17.1. The normalized spacial score (nSPS) is 20.6. The SMILES string of the molecule is O=C(O)C1(Cl)N=C(Cl)NC(Cl)=N1. The summed E-state index contributed by atoms with van der Waals surface area (Å²) >= 11 is 16.1. The number of carbonyl (C=O) groups is 1. The molecule has 0 aromatic carbocycles. The zero-order valence-electron chi connectivity index (χ0n) is 5.38. The maximum atomic E-state index is 10.5. The fourth-order valence-corrected chi connectivity index (χ4v) is 1.25. The fourth-order valence-electron chi connectivity index (χ4n) is 0.522. The Balaban J connectivity index is 3.05. The van der Waals surface area contributed by atoms with E-state index in [4.69, 9.17) is 39.9 Å². The Kier molecular flexibility index (Phi) is 2.46. The molecule has 5 nitrogen and oxygen atoms in total.